The van der Waals surface area contributed by atoms with Gasteiger partial charge in [0.15, 0.2) is 6.61 Å². The van der Waals surface area contributed by atoms with E-state index >= 15 is 0 Å². The first kappa shape index (κ1) is 20.2. The number of amides is 1. The number of aromatic nitrogens is 1. The van der Waals surface area contributed by atoms with Crippen molar-refractivity contribution < 1.29 is 22.7 Å². The SMILES string of the molecule is Cl.NCCc1nc(C(=O)Nc2cccc(OCC(F)(F)F)c2)cs1. The van der Waals surface area contributed by atoms with Gasteiger partial charge in [0, 0.05) is 23.6 Å². The minimum Gasteiger partial charge on any atom is -0.484 e. The largest absolute Gasteiger partial charge is 0.484 e. The van der Waals surface area contributed by atoms with E-state index in [-0.39, 0.29) is 23.9 Å². The molecule has 10 heteroatoms. The maximum atomic E-state index is 12.1. The number of hydrogen-bond acceptors (Lipinski definition) is 5. The van der Waals surface area contributed by atoms with Gasteiger partial charge in [-0.2, -0.15) is 13.2 Å². The van der Waals surface area contributed by atoms with Gasteiger partial charge in [-0.05, 0) is 18.7 Å². The molecule has 0 bridgehead atoms. The first-order chi connectivity index (χ1) is 10.9. The van der Waals surface area contributed by atoms with Crippen LogP contribution in [0.15, 0.2) is 29.6 Å². The number of carbonyl (C=O) groups excluding carboxylic acids is 1. The molecular weight excluding hydrogens is 367 g/mol. The van der Waals surface area contributed by atoms with Crippen LogP contribution < -0.4 is 15.8 Å². The maximum Gasteiger partial charge on any atom is 0.422 e. The zero-order chi connectivity index (χ0) is 16.9. The lowest BCUT2D eigenvalue weighted by Crippen LogP contribution is -2.19. The molecule has 0 aliphatic rings. The highest BCUT2D eigenvalue weighted by molar-refractivity contribution is 7.09. The van der Waals surface area contributed by atoms with Crippen LogP contribution in [0.25, 0.3) is 0 Å². The van der Waals surface area contributed by atoms with Gasteiger partial charge in [0.25, 0.3) is 5.91 Å². The lowest BCUT2D eigenvalue weighted by atomic mass is 10.3. The molecule has 1 heterocycles. The predicted molar refractivity (Wildman–Crippen MR) is 88.1 cm³/mol. The Kier molecular flexibility index (Phi) is 7.46. The van der Waals surface area contributed by atoms with Crippen LogP contribution in [0.4, 0.5) is 18.9 Å². The fourth-order valence-corrected chi connectivity index (χ4v) is 2.47. The van der Waals surface area contributed by atoms with E-state index in [1.165, 1.54) is 29.5 Å². The topological polar surface area (TPSA) is 77.2 Å². The number of anilines is 1. The van der Waals surface area contributed by atoms with Crippen molar-refractivity contribution in [1.29, 1.82) is 0 Å². The van der Waals surface area contributed by atoms with E-state index in [4.69, 9.17) is 5.73 Å². The van der Waals surface area contributed by atoms with Gasteiger partial charge in [-0.3, -0.25) is 4.79 Å². The van der Waals surface area contributed by atoms with Crippen LogP contribution in [0, 0.1) is 0 Å². The molecule has 0 aliphatic heterocycles. The highest BCUT2D eigenvalue weighted by atomic mass is 35.5. The predicted octanol–water partition coefficient (Wildman–Crippen LogP) is 3.26. The summed E-state index contributed by atoms with van der Waals surface area (Å²) in [5, 5.41) is 4.92. The molecule has 3 N–H and O–H groups in total. The number of ether oxygens (including phenoxy) is 1. The number of rotatable bonds is 6. The molecule has 0 fully saturated rings. The van der Waals surface area contributed by atoms with Gasteiger partial charge in [-0.25, -0.2) is 4.98 Å². The summed E-state index contributed by atoms with van der Waals surface area (Å²) >= 11 is 1.33. The molecule has 2 aromatic rings. The van der Waals surface area contributed by atoms with Gasteiger partial charge >= 0.3 is 6.18 Å². The number of alkyl halides is 3. The van der Waals surface area contributed by atoms with Crippen LogP contribution in [0.5, 0.6) is 5.75 Å². The minimum atomic E-state index is -4.42. The number of halogens is 4. The van der Waals surface area contributed by atoms with Crippen LogP contribution in [0.1, 0.15) is 15.5 Å². The normalized spacial score (nSPS) is 10.8. The van der Waals surface area contributed by atoms with Gasteiger partial charge < -0.3 is 15.8 Å². The zero-order valence-electron chi connectivity index (χ0n) is 12.3. The van der Waals surface area contributed by atoms with Crippen molar-refractivity contribution in [3.05, 3.63) is 40.3 Å². The van der Waals surface area contributed by atoms with Crippen molar-refractivity contribution >= 4 is 35.3 Å². The van der Waals surface area contributed by atoms with Crippen LogP contribution in [0.2, 0.25) is 0 Å². The van der Waals surface area contributed by atoms with E-state index in [0.717, 1.165) is 5.01 Å². The van der Waals surface area contributed by atoms with Crippen molar-refractivity contribution in [1.82, 2.24) is 4.98 Å². The fourth-order valence-electron chi connectivity index (χ4n) is 1.68. The molecule has 0 radical (unpaired) electrons. The third-order valence-electron chi connectivity index (χ3n) is 2.64. The molecule has 0 saturated carbocycles. The van der Waals surface area contributed by atoms with Crippen molar-refractivity contribution in [2.24, 2.45) is 5.73 Å². The Labute approximate surface area is 146 Å². The van der Waals surface area contributed by atoms with Gasteiger partial charge in [-0.1, -0.05) is 6.07 Å². The second-order valence-corrected chi connectivity index (χ2v) is 5.49. The second-order valence-electron chi connectivity index (χ2n) is 4.55. The number of nitrogens with two attached hydrogens (primary N) is 1. The molecule has 1 aromatic carbocycles. The smallest absolute Gasteiger partial charge is 0.422 e. The minimum absolute atomic E-state index is 0. The van der Waals surface area contributed by atoms with E-state index in [2.05, 4.69) is 15.0 Å². The van der Waals surface area contributed by atoms with Crippen molar-refractivity contribution in [2.75, 3.05) is 18.5 Å². The zero-order valence-corrected chi connectivity index (χ0v) is 13.9. The number of benzene rings is 1. The Morgan fingerprint density at radius 3 is 2.79 bits per heavy atom. The quantitative estimate of drug-likeness (QED) is 0.805. The Bertz CT molecular complexity index is 679. The highest BCUT2D eigenvalue weighted by Crippen LogP contribution is 2.22. The van der Waals surface area contributed by atoms with E-state index < -0.39 is 18.7 Å². The van der Waals surface area contributed by atoms with Gasteiger partial charge in [0.2, 0.25) is 0 Å². The summed E-state index contributed by atoms with van der Waals surface area (Å²) in [6, 6.07) is 5.73. The van der Waals surface area contributed by atoms with E-state index in [0.29, 0.717) is 18.7 Å². The third-order valence-corrected chi connectivity index (χ3v) is 3.55. The first-order valence-corrected chi connectivity index (χ1v) is 7.51. The van der Waals surface area contributed by atoms with Crippen molar-refractivity contribution in [2.45, 2.75) is 12.6 Å². The molecule has 0 saturated heterocycles. The molecular formula is C14H15ClF3N3O2S. The summed E-state index contributed by atoms with van der Waals surface area (Å²) in [6.07, 6.45) is -3.84. The molecule has 1 aromatic heterocycles. The summed E-state index contributed by atoms with van der Waals surface area (Å²) in [5.41, 5.74) is 5.98. The number of thiazole rings is 1. The first-order valence-electron chi connectivity index (χ1n) is 6.63. The summed E-state index contributed by atoms with van der Waals surface area (Å²) in [4.78, 5) is 16.2. The van der Waals surface area contributed by atoms with Crippen LogP contribution in [-0.2, 0) is 6.42 Å². The molecule has 132 valence electrons. The van der Waals surface area contributed by atoms with E-state index in [1.54, 1.807) is 11.4 Å². The molecule has 0 unspecified atom stereocenters. The third kappa shape index (κ3) is 6.34. The van der Waals surface area contributed by atoms with Gasteiger partial charge in [0.1, 0.15) is 11.4 Å². The standard InChI is InChI=1S/C14H14F3N3O2S.ClH/c15-14(16,17)8-22-10-3-1-2-9(6-10)19-13(21)11-7-23-12(20-11)4-5-18;/h1-3,6-7H,4-5,8,18H2,(H,19,21);1H. The van der Waals surface area contributed by atoms with E-state index in [9.17, 15) is 18.0 Å². The molecule has 0 spiro atoms. The van der Waals surface area contributed by atoms with E-state index in [1.807, 2.05) is 0 Å². The molecule has 0 atom stereocenters. The number of nitrogens with one attached hydrogen (secondary N) is 1. The summed E-state index contributed by atoms with van der Waals surface area (Å²) in [6.45, 7) is -0.952. The van der Waals surface area contributed by atoms with Crippen LogP contribution in [-0.4, -0.2) is 30.2 Å². The Morgan fingerprint density at radius 1 is 1.38 bits per heavy atom. The maximum absolute atomic E-state index is 12.1. The Morgan fingerprint density at radius 2 is 2.12 bits per heavy atom. The summed E-state index contributed by atoms with van der Waals surface area (Å²) in [5.74, 6) is -0.431. The monoisotopic (exact) mass is 381 g/mol. The van der Waals surface area contributed by atoms with Gasteiger partial charge in [0.05, 0.1) is 5.01 Å². The Balaban J connectivity index is 0.00000288. The number of nitrogens with zero attached hydrogens (tertiary/aromatic N) is 1. The second kappa shape index (κ2) is 8.86. The molecule has 1 amide bonds. The van der Waals surface area contributed by atoms with Crippen molar-refractivity contribution in [3.8, 4) is 5.75 Å². The van der Waals surface area contributed by atoms with Crippen LogP contribution >= 0.6 is 23.7 Å². The summed E-state index contributed by atoms with van der Waals surface area (Å²) in [7, 11) is 0. The average Bonchev–Trinajstić information content (AvgIpc) is 2.94. The lowest BCUT2D eigenvalue weighted by molar-refractivity contribution is -0.153. The number of hydrogen-bond donors (Lipinski definition) is 2. The molecule has 0 aliphatic carbocycles. The summed E-state index contributed by atoms with van der Waals surface area (Å²) < 4.78 is 41.0. The van der Waals surface area contributed by atoms with Crippen molar-refractivity contribution in [3.63, 3.8) is 0 Å². The lowest BCUT2D eigenvalue weighted by Gasteiger charge is -2.10. The molecule has 24 heavy (non-hydrogen) atoms. The molecule has 2 rings (SSSR count). The number of carbonyl (C=O) groups is 1. The fraction of sp³-hybridized carbons (Fsp3) is 0.286. The van der Waals surface area contributed by atoms with Crippen LogP contribution in [0.3, 0.4) is 0 Å². The highest BCUT2D eigenvalue weighted by Gasteiger charge is 2.28. The Hall–Kier alpha value is -1.84. The van der Waals surface area contributed by atoms with Gasteiger partial charge in [-0.15, -0.1) is 23.7 Å². The average molecular weight is 382 g/mol. The molecule has 5 nitrogen and oxygen atoms in total.